The van der Waals surface area contributed by atoms with Gasteiger partial charge in [0.25, 0.3) is 0 Å². The van der Waals surface area contributed by atoms with Gasteiger partial charge in [-0.25, -0.2) is 8.42 Å². The maximum atomic E-state index is 13.2. The minimum Gasteiger partial charge on any atom is -0.355 e. The summed E-state index contributed by atoms with van der Waals surface area (Å²) in [5.41, 5.74) is 0. The molecule has 0 spiro atoms. The summed E-state index contributed by atoms with van der Waals surface area (Å²) in [6, 6.07) is 12.2. The number of hydrogen-bond donors (Lipinski definition) is 1. The number of hydrogen-bond acceptors (Lipinski definition) is 4. The number of amides is 1. The van der Waals surface area contributed by atoms with Gasteiger partial charge >= 0.3 is 0 Å². The fraction of sp³-hybridized carbons (Fsp3) is 0.450. The third-order valence-electron chi connectivity index (χ3n) is 4.92. The number of carbonyl (C=O) groups excluding carboxylic acids is 1. The molecule has 0 aliphatic carbocycles. The second kappa shape index (κ2) is 8.37. The first-order valence-electron chi connectivity index (χ1n) is 9.33. The molecular formula is C20H27N3O3S. The maximum absolute atomic E-state index is 13.2. The minimum atomic E-state index is -3.70. The fourth-order valence-electron chi connectivity index (χ4n) is 3.48. The Bertz CT molecular complexity index is 912. The Hall–Kier alpha value is -1.96. The monoisotopic (exact) mass is 389 g/mol. The van der Waals surface area contributed by atoms with Crippen molar-refractivity contribution in [3.05, 3.63) is 42.5 Å². The van der Waals surface area contributed by atoms with Crippen LogP contribution in [0, 0.1) is 0 Å². The van der Waals surface area contributed by atoms with Crippen molar-refractivity contribution in [3.8, 4) is 0 Å². The van der Waals surface area contributed by atoms with Crippen molar-refractivity contribution >= 4 is 26.7 Å². The summed E-state index contributed by atoms with van der Waals surface area (Å²) in [4.78, 5) is 14.9. The van der Waals surface area contributed by atoms with Crippen LogP contribution in [-0.2, 0) is 14.8 Å². The lowest BCUT2D eigenvalue weighted by atomic mass is 10.1. The van der Waals surface area contributed by atoms with Crippen molar-refractivity contribution in [1.29, 1.82) is 0 Å². The van der Waals surface area contributed by atoms with Crippen LogP contribution in [0.2, 0.25) is 0 Å². The molecule has 2 aromatic carbocycles. The molecule has 1 fully saturated rings. The summed E-state index contributed by atoms with van der Waals surface area (Å²) in [6.07, 6.45) is 2.10. The van der Waals surface area contributed by atoms with E-state index in [0.717, 1.165) is 23.7 Å². The van der Waals surface area contributed by atoms with Crippen LogP contribution in [0.1, 0.15) is 19.3 Å². The molecule has 0 saturated carbocycles. The predicted molar refractivity (Wildman–Crippen MR) is 107 cm³/mol. The molecule has 1 aliphatic heterocycles. The Labute approximate surface area is 161 Å². The number of benzene rings is 2. The van der Waals surface area contributed by atoms with Gasteiger partial charge in [-0.3, -0.25) is 4.79 Å². The number of fused-ring (bicyclic) bond motifs is 1. The van der Waals surface area contributed by atoms with E-state index in [-0.39, 0.29) is 10.8 Å². The van der Waals surface area contributed by atoms with E-state index in [1.54, 1.807) is 12.1 Å². The molecule has 3 rings (SSSR count). The first-order valence-corrected chi connectivity index (χ1v) is 10.8. The van der Waals surface area contributed by atoms with Gasteiger partial charge < -0.3 is 10.2 Å². The highest BCUT2D eigenvalue weighted by Crippen LogP contribution is 2.28. The third kappa shape index (κ3) is 4.48. The predicted octanol–water partition coefficient (Wildman–Crippen LogP) is 2.06. The summed E-state index contributed by atoms with van der Waals surface area (Å²) in [6.45, 7) is 1.81. The molecule has 1 N–H and O–H groups in total. The van der Waals surface area contributed by atoms with Crippen molar-refractivity contribution in [1.82, 2.24) is 14.5 Å². The van der Waals surface area contributed by atoms with E-state index < -0.39 is 16.1 Å². The van der Waals surface area contributed by atoms with Crippen molar-refractivity contribution in [2.24, 2.45) is 0 Å². The molecular weight excluding hydrogens is 362 g/mol. The second-order valence-corrected chi connectivity index (χ2v) is 9.12. The van der Waals surface area contributed by atoms with Crippen LogP contribution >= 0.6 is 0 Å². The average molecular weight is 390 g/mol. The fourth-order valence-corrected chi connectivity index (χ4v) is 5.17. The molecule has 0 aromatic heterocycles. The zero-order valence-corrected chi connectivity index (χ0v) is 16.7. The van der Waals surface area contributed by atoms with Crippen LogP contribution in [0.15, 0.2) is 47.4 Å². The zero-order valence-electron chi connectivity index (χ0n) is 15.9. The first-order chi connectivity index (χ1) is 12.9. The van der Waals surface area contributed by atoms with Gasteiger partial charge in [-0.1, -0.05) is 30.3 Å². The Balaban J connectivity index is 1.75. The highest BCUT2D eigenvalue weighted by molar-refractivity contribution is 7.89. The maximum Gasteiger partial charge on any atom is 0.243 e. The largest absolute Gasteiger partial charge is 0.355 e. The second-order valence-electron chi connectivity index (χ2n) is 7.23. The van der Waals surface area contributed by atoms with E-state index in [1.807, 2.05) is 44.4 Å². The van der Waals surface area contributed by atoms with Gasteiger partial charge in [0.1, 0.15) is 6.04 Å². The Morgan fingerprint density at radius 1 is 1.19 bits per heavy atom. The van der Waals surface area contributed by atoms with Crippen molar-refractivity contribution in [2.75, 3.05) is 33.7 Å². The lowest BCUT2D eigenvalue weighted by Crippen LogP contribution is -2.46. The lowest BCUT2D eigenvalue weighted by molar-refractivity contribution is -0.124. The van der Waals surface area contributed by atoms with Gasteiger partial charge in [-0.15, -0.1) is 0 Å². The standard InChI is InChI=1S/C20H27N3O3S/c1-22(2)13-6-12-21-20(24)19-9-5-14-23(19)27(25,26)18-11-10-16-7-3-4-8-17(16)15-18/h3-4,7-8,10-11,15,19H,5-6,9,12-14H2,1-2H3,(H,21,24)/t19-/m1/s1. The van der Waals surface area contributed by atoms with Gasteiger partial charge in [-0.05, 0) is 62.8 Å². The van der Waals surface area contributed by atoms with E-state index >= 15 is 0 Å². The molecule has 7 heteroatoms. The highest BCUT2D eigenvalue weighted by atomic mass is 32.2. The van der Waals surface area contributed by atoms with Gasteiger partial charge in [0.15, 0.2) is 0 Å². The molecule has 1 aliphatic rings. The van der Waals surface area contributed by atoms with E-state index in [1.165, 1.54) is 4.31 Å². The molecule has 1 saturated heterocycles. The summed E-state index contributed by atoms with van der Waals surface area (Å²) in [7, 11) is 0.261. The molecule has 1 atom stereocenters. The highest BCUT2D eigenvalue weighted by Gasteiger charge is 2.39. The van der Waals surface area contributed by atoms with E-state index in [4.69, 9.17) is 0 Å². The summed E-state index contributed by atoms with van der Waals surface area (Å²) in [5, 5.41) is 4.76. The van der Waals surface area contributed by atoms with Crippen molar-refractivity contribution in [3.63, 3.8) is 0 Å². The molecule has 0 unspecified atom stereocenters. The normalized spacial score (nSPS) is 18.3. The molecule has 2 aromatic rings. The minimum absolute atomic E-state index is 0.198. The van der Waals surface area contributed by atoms with Crippen LogP contribution < -0.4 is 5.32 Å². The number of carbonyl (C=O) groups is 1. The van der Waals surface area contributed by atoms with Crippen molar-refractivity contribution in [2.45, 2.75) is 30.2 Å². The molecule has 1 heterocycles. The third-order valence-corrected chi connectivity index (χ3v) is 6.82. The SMILES string of the molecule is CN(C)CCCNC(=O)[C@H]1CCCN1S(=O)(=O)c1ccc2ccccc2c1. The smallest absolute Gasteiger partial charge is 0.243 e. The summed E-state index contributed by atoms with van der Waals surface area (Å²) < 4.78 is 27.7. The van der Waals surface area contributed by atoms with Crippen LogP contribution in [0.4, 0.5) is 0 Å². The Kier molecular flexibility index (Phi) is 6.14. The number of nitrogens with one attached hydrogen (secondary N) is 1. The van der Waals surface area contributed by atoms with E-state index in [9.17, 15) is 13.2 Å². The zero-order chi connectivity index (χ0) is 19.4. The lowest BCUT2D eigenvalue weighted by Gasteiger charge is -2.23. The molecule has 6 nitrogen and oxygen atoms in total. The van der Waals surface area contributed by atoms with Gasteiger partial charge in [0, 0.05) is 13.1 Å². The molecule has 27 heavy (non-hydrogen) atoms. The quantitative estimate of drug-likeness (QED) is 0.736. The van der Waals surface area contributed by atoms with Crippen LogP contribution in [0.5, 0.6) is 0 Å². The van der Waals surface area contributed by atoms with E-state index in [2.05, 4.69) is 10.2 Å². The van der Waals surface area contributed by atoms with Crippen LogP contribution in [0.3, 0.4) is 0 Å². The van der Waals surface area contributed by atoms with Gasteiger partial charge in [0.05, 0.1) is 4.90 Å². The number of nitrogens with zero attached hydrogens (tertiary/aromatic N) is 2. The van der Waals surface area contributed by atoms with E-state index in [0.29, 0.717) is 25.9 Å². The summed E-state index contributed by atoms with van der Waals surface area (Å²) >= 11 is 0. The number of sulfonamides is 1. The number of rotatable bonds is 7. The molecule has 0 radical (unpaired) electrons. The van der Waals surface area contributed by atoms with Crippen molar-refractivity contribution < 1.29 is 13.2 Å². The van der Waals surface area contributed by atoms with Crippen LogP contribution in [-0.4, -0.2) is 63.3 Å². The first kappa shape index (κ1) is 19.8. The molecule has 146 valence electrons. The molecule has 1 amide bonds. The Morgan fingerprint density at radius 2 is 1.93 bits per heavy atom. The van der Waals surface area contributed by atoms with Gasteiger partial charge in [-0.2, -0.15) is 4.31 Å². The topological polar surface area (TPSA) is 69.7 Å². The van der Waals surface area contributed by atoms with Gasteiger partial charge in [0.2, 0.25) is 15.9 Å². The van der Waals surface area contributed by atoms with Crippen LogP contribution in [0.25, 0.3) is 10.8 Å². The molecule has 0 bridgehead atoms. The average Bonchev–Trinajstić information content (AvgIpc) is 3.15. The Morgan fingerprint density at radius 3 is 2.67 bits per heavy atom. The summed E-state index contributed by atoms with van der Waals surface area (Å²) in [5.74, 6) is -0.198.